The van der Waals surface area contributed by atoms with E-state index in [0.29, 0.717) is 34.7 Å². The van der Waals surface area contributed by atoms with Gasteiger partial charge in [0.05, 0.1) is 20.8 Å². The molecular weight excluding hydrogens is 514 g/mol. The third kappa shape index (κ3) is 8.05. The SMILES string of the molecule is CSCCCNC(=O)CC[C@H](NC(=O)c1ccc(N(C)Cc2ccc3nc(C)[nH]c(=O)c3c2)s1)C(=O)O. The Labute approximate surface area is 222 Å². The fourth-order valence-corrected chi connectivity index (χ4v) is 5.01. The third-order valence-electron chi connectivity index (χ3n) is 5.61. The number of rotatable bonds is 13. The second-order valence-electron chi connectivity index (χ2n) is 8.60. The Balaban J connectivity index is 1.58. The molecular formula is C25H31N5O5S2. The van der Waals surface area contributed by atoms with Crippen LogP contribution >= 0.6 is 23.1 Å². The van der Waals surface area contributed by atoms with Gasteiger partial charge in [-0.05, 0) is 61.6 Å². The number of carboxylic acid groups (broad SMARTS) is 1. The topological polar surface area (TPSA) is 144 Å². The molecule has 3 rings (SSSR count). The maximum atomic E-state index is 12.7. The number of aryl methyl sites for hydroxylation is 1. The highest BCUT2D eigenvalue weighted by Crippen LogP contribution is 2.27. The second-order valence-corrected chi connectivity index (χ2v) is 10.6. The second kappa shape index (κ2) is 13.2. The normalized spacial score (nSPS) is 11.8. The van der Waals surface area contributed by atoms with Crippen molar-refractivity contribution < 1.29 is 19.5 Å². The smallest absolute Gasteiger partial charge is 0.326 e. The minimum atomic E-state index is -1.19. The number of fused-ring (bicyclic) bond motifs is 1. The van der Waals surface area contributed by atoms with Crippen LogP contribution in [0.3, 0.4) is 0 Å². The van der Waals surface area contributed by atoms with Crippen LogP contribution in [0.25, 0.3) is 10.9 Å². The molecule has 0 aliphatic carbocycles. The zero-order valence-corrected chi connectivity index (χ0v) is 22.6. The molecule has 198 valence electrons. The molecule has 12 heteroatoms. The van der Waals surface area contributed by atoms with Gasteiger partial charge in [-0.15, -0.1) is 11.3 Å². The number of carboxylic acids is 1. The number of aromatic amines is 1. The van der Waals surface area contributed by atoms with Crippen molar-refractivity contribution in [2.45, 2.75) is 38.8 Å². The van der Waals surface area contributed by atoms with E-state index in [1.54, 1.807) is 36.9 Å². The third-order valence-corrected chi connectivity index (χ3v) is 7.51. The standard InChI is InChI=1S/C25H31N5O5S2/c1-15-27-18-6-5-16(13-17(18)23(32)28-15)14-30(2)22-10-8-20(37-22)24(33)29-19(25(34)35)7-9-21(31)26-11-4-12-36-3/h5-6,8,10,13,19H,4,7,9,11-12,14H2,1-3H3,(H,26,31)(H,29,33)(H,34,35)(H,27,28,32)/t19-/m0/s1. The van der Waals surface area contributed by atoms with Crippen LogP contribution in [0.2, 0.25) is 0 Å². The van der Waals surface area contributed by atoms with Crippen LogP contribution in [0.1, 0.15) is 40.3 Å². The van der Waals surface area contributed by atoms with Crippen LogP contribution in [0.5, 0.6) is 0 Å². The van der Waals surface area contributed by atoms with E-state index in [0.717, 1.165) is 22.7 Å². The minimum absolute atomic E-state index is 0.00302. The largest absolute Gasteiger partial charge is 0.480 e. The molecule has 2 amide bonds. The molecule has 4 N–H and O–H groups in total. The molecule has 0 unspecified atom stereocenters. The minimum Gasteiger partial charge on any atom is -0.480 e. The van der Waals surface area contributed by atoms with Crippen molar-refractivity contribution in [3.63, 3.8) is 0 Å². The number of anilines is 1. The van der Waals surface area contributed by atoms with Gasteiger partial charge >= 0.3 is 5.97 Å². The molecule has 1 aromatic carbocycles. The van der Waals surface area contributed by atoms with Crippen molar-refractivity contribution >= 4 is 56.8 Å². The quantitative estimate of drug-likeness (QED) is 0.240. The highest BCUT2D eigenvalue weighted by molar-refractivity contribution is 7.98. The maximum Gasteiger partial charge on any atom is 0.326 e. The first kappa shape index (κ1) is 28.2. The summed E-state index contributed by atoms with van der Waals surface area (Å²) in [6, 6.07) is 7.78. The Kier molecular flexibility index (Phi) is 10.1. The van der Waals surface area contributed by atoms with Gasteiger partial charge in [0.1, 0.15) is 11.9 Å². The van der Waals surface area contributed by atoms with E-state index in [-0.39, 0.29) is 24.3 Å². The Morgan fingerprint density at radius 1 is 1.24 bits per heavy atom. The molecule has 0 bridgehead atoms. The maximum absolute atomic E-state index is 12.7. The molecule has 2 aromatic heterocycles. The number of carbonyl (C=O) groups is 3. The lowest BCUT2D eigenvalue weighted by Gasteiger charge is -2.17. The van der Waals surface area contributed by atoms with Crippen molar-refractivity contribution in [2.24, 2.45) is 0 Å². The molecule has 2 heterocycles. The van der Waals surface area contributed by atoms with E-state index in [2.05, 4.69) is 20.6 Å². The first-order valence-corrected chi connectivity index (χ1v) is 14.0. The van der Waals surface area contributed by atoms with E-state index in [9.17, 15) is 24.3 Å². The van der Waals surface area contributed by atoms with Crippen LogP contribution in [0, 0.1) is 6.92 Å². The number of aromatic nitrogens is 2. The molecule has 0 aliphatic heterocycles. The van der Waals surface area contributed by atoms with E-state index in [4.69, 9.17) is 0 Å². The number of H-pyrrole nitrogens is 1. The summed E-state index contributed by atoms with van der Waals surface area (Å²) in [6.45, 7) is 2.77. The van der Waals surface area contributed by atoms with E-state index in [1.807, 2.05) is 30.3 Å². The van der Waals surface area contributed by atoms with Gasteiger partial charge in [0.15, 0.2) is 0 Å². The number of carbonyl (C=O) groups excluding carboxylic acids is 2. The summed E-state index contributed by atoms with van der Waals surface area (Å²) in [4.78, 5) is 58.0. The number of thioether (sulfide) groups is 1. The van der Waals surface area contributed by atoms with Crippen molar-refractivity contribution in [2.75, 3.05) is 30.5 Å². The van der Waals surface area contributed by atoms with Gasteiger partial charge in [-0.25, -0.2) is 9.78 Å². The van der Waals surface area contributed by atoms with Gasteiger partial charge in [0, 0.05) is 26.6 Å². The Morgan fingerprint density at radius 2 is 2.03 bits per heavy atom. The zero-order chi connectivity index (χ0) is 26.9. The fraction of sp³-hybridized carbons (Fsp3) is 0.400. The Bertz CT molecular complexity index is 1320. The fourth-order valence-electron chi connectivity index (χ4n) is 3.70. The van der Waals surface area contributed by atoms with Gasteiger partial charge < -0.3 is 25.6 Å². The number of benzene rings is 1. The van der Waals surface area contributed by atoms with Crippen LogP contribution in [0.4, 0.5) is 5.00 Å². The molecule has 3 aromatic rings. The summed E-state index contributed by atoms with van der Waals surface area (Å²) >= 11 is 2.92. The van der Waals surface area contributed by atoms with Crippen LogP contribution in [-0.2, 0) is 16.1 Å². The molecule has 0 saturated carbocycles. The predicted molar refractivity (Wildman–Crippen MR) is 148 cm³/mol. The average molecular weight is 546 g/mol. The number of hydrogen-bond acceptors (Lipinski definition) is 8. The Hall–Kier alpha value is -3.38. The lowest BCUT2D eigenvalue weighted by Crippen LogP contribution is -2.41. The highest BCUT2D eigenvalue weighted by Gasteiger charge is 2.23. The molecule has 1 atom stereocenters. The number of hydrogen-bond donors (Lipinski definition) is 4. The van der Waals surface area contributed by atoms with Crippen LogP contribution < -0.4 is 21.1 Å². The molecule has 0 radical (unpaired) electrons. The molecule has 0 aliphatic rings. The van der Waals surface area contributed by atoms with Gasteiger partial charge in [0.25, 0.3) is 11.5 Å². The van der Waals surface area contributed by atoms with Crippen molar-refractivity contribution in [1.29, 1.82) is 0 Å². The van der Waals surface area contributed by atoms with Gasteiger partial charge in [-0.1, -0.05) is 6.07 Å². The number of amides is 2. The van der Waals surface area contributed by atoms with E-state index < -0.39 is 17.9 Å². The Morgan fingerprint density at radius 3 is 2.76 bits per heavy atom. The first-order chi connectivity index (χ1) is 17.7. The summed E-state index contributed by atoms with van der Waals surface area (Å²) in [5.74, 6) is -0.430. The van der Waals surface area contributed by atoms with Gasteiger partial charge in [-0.2, -0.15) is 11.8 Å². The van der Waals surface area contributed by atoms with Crippen molar-refractivity contribution in [1.82, 2.24) is 20.6 Å². The summed E-state index contributed by atoms with van der Waals surface area (Å²) < 4.78 is 0. The molecule has 10 nitrogen and oxygen atoms in total. The summed E-state index contributed by atoms with van der Waals surface area (Å²) in [5, 5.41) is 16.1. The lowest BCUT2D eigenvalue weighted by molar-refractivity contribution is -0.139. The number of nitrogens with zero attached hydrogens (tertiary/aromatic N) is 2. The van der Waals surface area contributed by atoms with Crippen LogP contribution in [-0.4, -0.2) is 64.5 Å². The molecule has 0 spiro atoms. The molecule has 37 heavy (non-hydrogen) atoms. The highest BCUT2D eigenvalue weighted by atomic mass is 32.2. The average Bonchev–Trinajstić information content (AvgIpc) is 3.35. The van der Waals surface area contributed by atoms with Gasteiger partial charge in [-0.3, -0.25) is 14.4 Å². The number of nitrogens with one attached hydrogen (secondary N) is 3. The van der Waals surface area contributed by atoms with E-state index in [1.165, 1.54) is 11.3 Å². The number of thiophene rings is 1. The molecule has 0 saturated heterocycles. The first-order valence-electron chi connectivity index (χ1n) is 11.8. The van der Waals surface area contributed by atoms with Crippen molar-refractivity contribution in [3.8, 4) is 0 Å². The summed E-state index contributed by atoms with van der Waals surface area (Å²) in [6.07, 6.45) is 2.85. The predicted octanol–water partition coefficient (Wildman–Crippen LogP) is 2.76. The number of aliphatic carboxylic acids is 1. The molecule has 0 fully saturated rings. The zero-order valence-electron chi connectivity index (χ0n) is 21.0. The van der Waals surface area contributed by atoms with Gasteiger partial charge in [0.2, 0.25) is 5.91 Å². The lowest BCUT2D eigenvalue weighted by atomic mass is 10.1. The summed E-state index contributed by atoms with van der Waals surface area (Å²) in [7, 11) is 1.87. The monoisotopic (exact) mass is 545 g/mol. The van der Waals surface area contributed by atoms with Crippen LogP contribution in [0.15, 0.2) is 35.1 Å². The van der Waals surface area contributed by atoms with Crippen molar-refractivity contribution in [3.05, 3.63) is 57.0 Å². The summed E-state index contributed by atoms with van der Waals surface area (Å²) in [5.41, 5.74) is 1.34. The van der Waals surface area contributed by atoms with E-state index >= 15 is 0 Å².